The molecule has 0 saturated heterocycles. The first-order valence-corrected chi connectivity index (χ1v) is 14.4. The summed E-state index contributed by atoms with van der Waals surface area (Å²) in [6, 6.07) is 19.4. The average Bonchev–Trinajstić information content (AvgIpc) is 2.86. The molecule has 0 aliphatic rings. The molecule has 4 aromatic carbocycles. The molecule has 0 fully saturated rings. The monoisotopic (exact) mass is 534 g/mol. The maximum absolute atomic E-state index is 13.9. The van der Waals surface area contributed by atoms with E-state index in [0.29, 0.717) is 5.56 Å². The van der Waals surface area contributed by atoms with Gasteiger partial charge in [0.2, 0.25) is 19.7 Å². The van der Waals surface area contributed by atoms with Crippen LogP contribution in [0.25, 0.3) is 11.1 Å². The van der Waals surface area contributed by atoms with Crippen LogP contribution in [-0.2, 0) is 19.7 Å². The Morgan fingerprint density at radius 3 is 1.51 bits per heavy atom. The molecule has 0 unspecified atom stereocenters. The summed E-state index contributed by atoms with van der Waals surface area (Å²) in [7, 11) is -8.16. The van der Waals surface area contributed by atoms with Crippen molar-refractivity contribution in [2.75, 3.05) is 0 Å². The summed E-state index contributed by atoms with van der Waals surface area (Å²) < 4.78 is 54.8. The van der Waals surface area contributed by atoms with Crippen molar-refractivity contribution in [1.29, 1.82) is 0 Å². The van der Waals surface area contributed by atoms with Crippen LogP contribution in [0, 0.1) is 27.7 Å². The van der Waals surface area contributed by atoms with Crippen molar-refractivity contribution in [2.24, 2.45) is 0 Å². The van der Waals surface area contributed by atoms with Gasteiger partial charge in [-0.05, 0) is 104 Å². The predicted molar refractivity (Wildman–Crippen MR) is 142 cm³/mol. The van der Waals surface area contributed by atoms with E-state index in [1.54, 1.807) is 31.2 Å². The number of hydrogen-bond acceptors (Lipinski definition) is 5. The van der Waals surface area contributed by atoms with Gasteiger partial charge in [-0.25, -0.2) is 21.6 Å². The lowest BCUT2D eigenvalue weighted by molar-refractivity contribution is 0.0697. The fourth-order valence-electron chi connectivity index (χ4n) is 3.95. The first kappa shape index (κ1) is 26.3. The molecule has 0 aliphatic carbocycles. The maximum Gasteiger partial charge on any atom is 0.335 e. The van der Waals surface area contributed by atoms with Crippen LogP contribution in [0.1, 0.15) is 32.6 Å². The van der Waals surface area contributed by atoms with E-state index >= 15 is 0 Å². The molecular formula is C29H26O6S2. The van der Waals surface area contributed by atoms with E-state index in [-0.39, 0.29) is 30.7 Å². The van der Waals surface area contributed by atoms with Gasteiger partial charge in [0.1, 0.15) is 0 Å². The Hall–Kier alpha value is -3.75. The highest BCUT2D eigenvalue weighted by atomic mass is 32.2. The Balaban J connectivity index is 1.97. The fraction of sp³-hybridized carbons (Fsp3) is 0.138. The first-order valence-electron chi connectivity index (χ1n) is 11.4. The summed E-state index contributed by atoms with van der Waals surface area (Å²) in [6.45, 7) is 7.37. The normalized spacial score (nSPS) is 11.9. The number of benzene rings is 4. The van der Waals surface area contributed by atoms with Gasteiger partial charge in [-0.2, -0.15) is 0 Å². The Morgan fingerprint density at radius 2 is 1.03 bits per heavy atom. The summed E-state index contributed by atoms with van der Waals surface area (Å²) in [5.74, 6) is -1.11. The number of rotatable bonds is 6. The number of carboxylic acids is 1. The topological polar surface area (TPSA) is 106 Å². The van der Waals surface area contributed by atoms with E-state index in [1.165, 1.54) is 54.6 Å². The standard InChI is InChI=1S/C29H26O6S2/c1-18-5-11-24(15-20(18)3)36(32,33)26-13-14-27(22-7-9-23(10-8-22)29(30)31)28(17-26)37(34,35)25-12-6-19(2)21(4)16-25/h5-17H,1-4H3,(H,30,31). The lowest BCUT2D eigenvalue weighted by Gasteiger charge is -2.15. The summed E-state index contributed by atoms with van der Waals surface area (Å²) in [5.41, 5.74) is 4.23. The Kier molecular flexibility index (Phi) is 6.83. The molecule has 0 amide bonds. The van der Waals surface area contributed by atoms with Crippen molar-refractivity contribution >= 4 is 25.6 Å². The zero-order valence-corrected chi connectivity index (χ0v) is 22.4. The van der Waals surface area contributed by atoms with Crippen molar-refractivity contribution in [3.63, 3.8) is 0 Å². The first-order chi connectivity index (χ1) is 17.3. The predicted octanol–water partition coefficient (Wildman–Crippen LogP) is 5.95. The van der Waals surface area contributed by atoms with Crippen molar-refractivity contribution < 1.29 is 26.7 Å². The molecule has 1 N–H and O–H groups in total. The van der Waals surface area contributed by atoms with Crippen LogP contribution < -0.4 is 0 Å². The molecule has 0 aromatic heterocycles. The molecule has 0 radical (unpaired) electrons. The number of sulfone groups is 2. The van der Waals surface area contributed by atoms with Crippen molar-refractivity contribution in [3.8, 4) is 11.1 Å². The van der Waals surface area contributed by atoms with Crippen LogP contribution in [0.15, 0.2) is 98.4 Å². The minimum absolute atomic E-state index is 0.0414. The highest BCUT2D eigenvalue weighted by Crippen LogP contribution is 2.35. The number of carboxylic acid groups (broad SMARTS) is 1. The lowest BCUT2D eigenvalue weighted by Crippen LogP contribution is -2.09. The molecule has 4 aromatic rings. The largest absolute Gasteiger partial charge is 0.478 e. The SMILES string of the molecule is Cc1ccc(S(=O)(=O)c2ccc(-c3ccc(C(=O)O)cc3)c(S(=O)(=O)c3ccc(C)c(C)c3)c2)cc1C. The molecule has 0 heterocycles. The molecule has 0 spiro atoms. The van der Waals surface area contributed by atoms with Crippen LogP contribution in [0.4, 0.5) is 0 Å². The van der Waals surface area contributed by atoms with Crippen molar-refractivity contribution in [1.82, 2.24) is 0 Å². The number of aryl methyl sites for hydroxylation is 4. The van der Waals surface area contributed by atoms with Gasteiger partial charge in [-0.3, -0.25) is 0 Å². The van der Waals surface area contributed by atoms with Gasteiger partial charge in [0.15, 0.2) is 0 Å². The van der Waals surface area contributed by atoms with Crippen LogP contribution in [-0.4, -0.2) is 27.9 Å². The van der Waals surface area contributed by atoms with E-state index in [2.05, 4.69) is 0 Å². The molecule has 0 aliphatic heterocycles. The van der Waals surface area contributed by atoms with Crippen LogP contribution in [0.2, 0.25) is 0 Å². The third-order valence-electron chi connectivity index (χ3n) is 6.57. The third-order valence-corrected chi connectivity index (χ3v) is 10.1. The van der Waals surface area contributed by atoms with Gasteiger partial charge in [0.05, 0.1) is 25.1 Å². The van der Waals surface area contributed by atoms with Crippen molar-refractivity contribution in [3.05, 3.63) is 107 Å². The summed E-state index contributed by atoms with van der Waals surface area (Å²) in [4.78, 5) is 11.1. The van der Waals surface area contributed by atoms with Gasteiger partial charge in [0, 0.05) is 5.56 Å². The zero-order chi connectivity index (χ0) is 27.1. The minimum Gasteiger partial charge on any atom is -0.478 e. The molecule has 0 atom stereocenters. The Bertz CT molecular complexity index is 1750. The van der Waals surface area contributed by atoms with Crippen molar-refractivity contribution in [2.45, 2.75) is 47.3 Å². The molecule has 4 rings (SSSR count). The Labute approximate surface area is 217 Å². The highest BCUT2D eigenvalue weighted by molar-refractivity contribution is 7.92. The van der Waals surface area contributed by atoms with Gasteiger partial charge < -0.3 is 5.11 Å². The molecule has 0 bridgehead atoms. The molecule has 190 valence electrons. The van der Waals surface area contributed by atoms with E-state index in [9.17, 15) is 26.7 Å². The zero-order valence-electron chi connectivity index (χ0n) is 20.8. The quantitative estimate of drug-likeness (QED) is 0.328. The van der Waals surface area contributed by atoms with Crippen LogP contribution in [0.3, 0.4) is 0 Å². The fourth-order valence-corrected chi connectivity index (χ4v) is 6.98. The van der Waals surface area contributed by atoms with Crippen LogP contribution >= 0.6 is 0 Å². The van der Waals surface area contributed by atoms with Crippen LogP contribution in [0.5, 0.6) is 0 Å². The summed E-state index contributed by atoms with van der Waals surface area (Å²) >= 11 is 0. The lowest BCUT2D eigenvalue weighted by atomic mass is 10.0. The number of aromatic carboxylic acids is 1. The summed E-state index contributed by atoms with van der Waals surface area (Å²) in [5, 5.41) is 9.24. The van der Waals surface area contributed by atoms with E-state index in [4.69, 9.17) is 0 Å². The van der Waals surface area contributed by atoms with Gasteiger partial charge in [0.25, 0.3) is 0 Å². The molecule has 8 heteroatoms. The second-order valence-corrected chi connectivity index (χ2v) is 12.9. The number of carbonyl (C=O) groups is 1. The van der Waals surface area contributed by atoms with E-state index < -0.39 is 25.6 Å². The molecule has 0 saturated carbocycles. The van der Waals surface area contributed by atoms with Gasteiger partial charge >= 0.3 is 5.97 Å². The van der Waals surface area contributed by atoms with Gasteiger partial charge in [-0.1, -0.05) is 30.3 Å². The highest BCUT2D eigenvalue weighted by Gasteiger charge is 2.27. The average molecular weight is 535 g/mol. The second-order valence-electron chi connectivity index (χ2n) is 9.04. The molecule has 6 nitrogen and oxygen atoms in total. The second kappa shape index (κ2) is 9.61. The van der Waals surface area contributed by atoms with Gasteiger partial charge in [-0.15, -0.1) is 0 Å². The summed E-state index contributed by atoms with van der Waals surface area (Å²) in [6.07, 6.45) is 0. The smallest absolute Gasteiger partial charge is 0.335 e. The maximum atomic E-state index is 13.9. The van der Waals surface area contributed by atoms with E-state index in [0.717, 1.165) is 22.3 Å². The third kappa shape index (κ3) is 4.95. The minimum atomic E-state index is -4.14. The molecular weight excluding hydrogens is 508 g/mol. The number of hydrogen-bond donors (Lipinski definition) is 1. The van der Waals surface area contributed by atoms with E-state index in [1.807, 2.05) is 20.8 Å². The Morgan fingerprint density at radius 1 is 0.568 bits per heavy atom. The molecule has 37 heavy (non-hydrogen) atoms.